The Hall–Kier alpha value is -0.160. The lowest BCUT2D eigenvalue weighted by atomic mass is 10.2. The van der Waals surface area contributed by atoms with Crippen LogP contribution in [0, 0.1) is 0 Å². The third-order valence-electron chi connectivity index (χ3n) is 3.38. The van der Waals surface area contributed by atoms with Gasteiger partial charge >= 0.3 is 0 Å². The number of rotatable bonds is 4. The number of nitrogens with one attached hydrogen (secondary N) is 2. The topological polar surface area (TPSA) is 42.5 Å². The zero-order valence-corrected chi connectivity index (χ0v) is 9.50. The maximum Gasteiger partial charge on any atom is 0.0724 e. The van der Waals surface area contributed by atoms with Gasteiger partial charge in [0.2, 0.25) is 0 Å². The van der Waals surface area contributed by atoms with E-state index in [9.17, 15) is 0 Å². The summed E-state index contributed by atoms with van der Waals surface area (Å²) in [5.74, 6) is 0. The molecule has 0 aromatic carbocycles. The standard InChI is InChI=1S/C11H22N2O2/c1-14-11-4-2-3-10(11)13-7-9-8-15-6-5-12-9/h9-13H,2-8H2,1H3. The summed E-state index contributed by atoms with van der Waals surface area (Å²) in [5, 5.41) is 7.03. The highest BCUT2D eigenvalue weighted by Gasteiger charge is 2.27. The Balaban J connectivity index is 1.67. The number of morpholine rings is 1. The van der Waals surface area contributed by atoms with Gasteiger partial charge in [-0.05, 0) is 19.3 Å². The SMILES string of the molecule is COC1CCCC1NCC1COCCN1. The highest BCUT2D eigenvalue weighted by molar-refractivity contribution is 4.85. The van der Waals surface area contributed by atoms with Crippen LogP contribution in [0.3, 0.4) is 0 Å². The predicted molar refractivity (Wildman–Crippen MR) is 59.0 cm³/mol. The van der Waals surface area contributed by atoms with Crippen LogP contribution >= 0.6 is 0 Å². The Morgan fingerprint density at radius 2 is 2.40 bits per heavy atom. The van der Waals surface area contributed by atoms with Crippen molar-refractivity contribution in [1.29, 1.82) is 0 Å². The van der Waals surface area contributed by atoms with Crippen molar-refractivity contribution in [3.8, 4) is 0 Å². The third-order valence-corrected chi connectivity index (χ3v) is 3.38. The molecule has 3 atom stereocenters. The molecule has 0 aromatic rings. The zero-order valence-electron chi connectivity index (χ0n) is 9.50. The van der Waals surface area contributed by atoms with Crippen LogP contribution in [0.1, 0.15) is 19.3 Å². The molecule has 1 aliphatic carbocycles. The fourth-order valence-electron chi connectivity index (χ4n) is 2.49. The summed E-state index contributed by atoms with van der Waals surface area (Å²) in [6, 6.07) is 1.01. The highest BCUT2D eigenvalue weighted by atomic mass is 16.5. The Kier molecular flexibility index (Phi) is 4.38. The fourth-order valence-corrected chi connectivity index (χ4v) is 2.49. The molecule has 1 saturated heterocycles. The van der Waals surface area contributed by atoms with E-state index in [4.69, 9.17) is 9.47 Å². The van der Waals surface area contributed by atoms with Gasteiger partial charge in [-0.3, -0.25) is 0 Å². The van der Waals surface area contributed by atoms with E-state index >= 15 is 0 Å². The van der Waals surface area contributed by atoms with Crippen molar-refractivity contribution < 1.29 is 9.47 Å². The first-order valence-corrected chi connectivity index (χ1v) is 5.97. The van der Waals surface area contributed by atoms with Gasteiger partial charge in [-0.2, -0.15) is 0 Å². The molecule has 4 heteroatoms. The minimum absolute atomic E-state index is 0.412. The van der Waals surface area contributed by atoms with Crippen molar-refractivity contribution in [3.05, 3.63) is 0 Å². The minimum atomic E-state index is 0.412. The van der Waals surface area contributed by atoms with Crippen LogP contribution in [0.5, 0.6) is 0 Å². The second kappa shape index (κ2) is 5.80. The molecule has 2 N–H and O–H groups in total. The van der Waals surface area contributed by atoms with Crippen LogP contribution in [0.25, 0.3) is 0 Å². The second-order valence-electron chi connectivity index (χ2n) is 4.45. The van der Waals surface area contributed by atoms with Crippen LogP contribution < -0.4 is 10.6 Å². The molecule has 1 aliphatic heterocycles. The monoisotopic (exact) mass is 214 g/mol. The molecule has 2 aliphatic rings. The molecule has 3 unspecified atom stereocenters. The van der Waals surface area contributed by atoms with Gasteiger partial charge in [-0.1, -0.05) is 0 Å². The van der Waals surface area contributed by atoms with E-state index in [2.05, 4.69) is 10.6 Å². The summed E-state index contributed by atoms with van der Waals surface area (Å²) in [5.41, 5.74) is 0. The average molecular weight is 214 g/mol. The predicted octanol–water partition coefficient (Wildman–Crippen LogP) is 0.132. The molecule has 1 heterocycles. The molecular formula is C11H22N2O2. The summed E-state index contributed by atoms with van der Waals surface area (Å²) in [6.07, 6.45) is 4.13. The molecule has 0 amide bonds. The molecule has 88 valence electrons. The Bertz CT molecular complexity index is 183. The van der Waals surface area contributed by atoms with Crippen molar-refractivity contribution >= 4 is 0 Å². The van der Waals surface area contributed by atoms with Crippen molar-refractivity contribution in [3.63, 3.8) is 0 Å². The van der Waals surface area contributed by atoms with Crippen LogP contribution in [-0.4, -0.2) is 51.6 Å². The van der Waals surface area contributed by atoms with E-state index in [-0.39, 0.29) is 0 Å². The van der Waals surface area contributed by atoms with Gasteiger partial charge in [0.25, 0.3) is 0 Å². The zero-order chi connectivity index (χ0) is 10.5. The van der Waals surface area contributed by atoms with Gasteiger partial charge < -0.3 is 20.1 Å². The van der Waals surface area contributed by atoms with E-state index in [0.29, 0.717) is 18.2 Å². The van der Waals surface area contributed by atoms with Crippen LogP contribution in [0.2, 0.25) is 0 Å². The first kappa shape index (κ1) is 11.3. The Morgan fingerprint density at radius 3 is 3.13 bits per heavy atom. The lowest BCUT2D eigenvalue weighted by Gasteiger charge is -2.27. The highest BCUT2D eigenvalue weighted by Crippen LogP contribution is 2.21. The molecule has 15 heavy (non-hydrogen) atoms. The molecule has 2 fully saturated rings. The van der Waals surface area contributed by atoms with Gasteiger partial charge in [-0.15, -0.1) is 0 Å². The van der Waals surface area contributed by atoms with Crippen LogP contribution in [0.15, 0.2) is 0 Å². The number of ether oxygens (including phenoxy) is 2. The third kappa shape index (κ3) is 3.14. The summed E-state index contributed by atoms with van der Waals surface area (Å²) in [7, 11) is 1.81. The number of hydrogen-bond donors (Lipinski definition) is 2. The summed E-state index contributed by atoms with van der Waals surface area (Å²) >= 11 is 0. The van der Waals surface area contributed by atoms with E-state index < -0.39 is 0 Å². The lowest BCUT2D eigenvalue weighted by Crippen LogP contribution is -2.50. The molecule has 1 saturated carbocycles. The Morgan fingerprint density at radius 1 is 1.47 bits per heavy atom. The van der Waals surface area contributed by atoms with Gasteiger partial charge in [0.15, 0.2) is 0 Å². The van der Waals surface area contributed by atoms with Crippen LogP contribution in [0.4, 0.5) is 0 Å². The summed E-state index contributed by atoms with van der Waals surface area (Å²) in [4.78, 5) is 0. The van der Waals surface area contributed by atoms with Crippen molar-refractivity contribution in [2.45, 2.75) is 37.5 Å². The molecule has 2 rings (SSSR count). The van der Waals surface area contributed by atoms with Gasteiger partial charge in [0, 0.05) is 32.3 Å². The Labute approximate surface area is 91.7 Å². The second-order valence-corrected chi connectivity index (χ2v) is 4.45. The maximum absolute atomic E-state index is 5.45. The quantitative estimate of drug-likeness (QED) is 0.698. The average Bonchev–Trinajstić information content (AvgIpc) is 2.75. The molecular weight excluding hydrogens is 192 g/mol. The normalized spacial score (nSPS) is 37.0. The first-order valence-electron chi connectivity index (χ1n) is 5.97. The molecule has 0 spiro atoms. The van der Waals surface area contributed by atoms with Crippen molar-refractivity contribution in [2.75, 3.05) is 33.4 Å². The molecule has 0 aromatic heterocycles. The molecule has 0 radical (unpaired) electrons. The number of hydrogen-bond acceptors (Lipinski definition) is 4. The molecule has 0 bridgehead atoms. The van der Waals surface area contributed by atoms with E-state index in [1.807, 2.05) is 7.11 Å². The van der Waals surface area contributed by atoms with Gasteiger partial charge in [0.05, 0.1) is 19.3 Å². The largest absolute Gasteiger partial charge is 0.380 e. The minimum Gasteiger partial charge on any atom is -0.380 e. The first-order chi connectivity index (χ1) is 7.40. The van der Waals surface area contributed by atoms with E-state index in [1.54, 1.807) is 0 Å². The lowest BCUT2D eigenvalue weighted by molar-refractivity contribution is 0.0645. The summed E-state index contributed by atoms with van der Waals surface area (Å²) < 4.78 is 10.9. The summed E-state index contributed by atoms with van der Waals surface area (Å²) in [6.45, 7) is 3.65. The van der Waals surface area contributed by atoms with Crippen LogP contribution in [-0.2, 0) is 9.47 Å². The smallest absolute Gasteiger partial charge is 0.0724 e. The van der Waals surface area contributed by atoms with Gasteiger partial charge in [0.1, 0.15) is 0 Å². The van der Waals surface area contributed by atoms with Gasteiger partial charge in [-0.25, -0.2) is 0 Å². The van der Waals surface area contributed by atoms with Crippen molar-refractivity contribution in [2.24, 2.45) is 0 Å². The number of methoxy groups -OCH3 is 1. The van der Waals surface area contributed by atoms with E-state index in [0.717, 1.165) is 26.3 Å². The maximum atomic E-state index is 5.45. The fraction of sp³-hybridized carbons (Fsp3) is 1.00. The molecule has 4 nitrogen and oxygen atoms in total. The van der Waals surface area contributed by atoms with E-state index in [1.165, 1.54) is 19.3 Å². The van der Waals surface area contributed by atoms with Crippen molar-refractivity contribution in [1.82, 2.24) is 10.6 Å².